The Morgan fingerprint density at radius 2 is 1.90 bits per heavy atom. The molecule has 0 radical (unpaired) electrons. The second-order valence-electron chi connectivity index (χ2n) is 7.17. The van der Waals surface area contributed by atoms with E-state index < -0.39 is 0 Å². The van der Waals surface area contributed by atoms with Crippen molar-refractivity contribution in [2.75, 3.05) is 37.7 Å². The van der Waals surface area contributed by atoms with E-state index in [-0.39, 0.29) is 5.91 Å². The molecule has 1 saturated heterocycles. The van der Waals surface area contributed by atoms with E-state index in [1.54, 1.807) is 6.20 Å². The zero-order chi connectivity index (χ0) is 21.6. The van der Waals surface area contributed by atoms with Crippen LogP contribution in [0, 0.1) is 0 Å². The Kier molecular flexibility index (Phi) is 6.81. The Morgan fingerprint density at radius 3 is 2.58 bits per heavy atom. The number of benzene rings is 1. The van der Waals surface area contributed by atoms with Crippen LogP contribution in [-0.2, 0) is 11.2 Å². The molecule has 8 nitrogen and oxygen atoms in total. The average molecular weight is 486 g/mol. The van der Waals surface area contributed by atoms with Gasteiger partial charge in [0.05, 0.1) is 6.61 Å². The van der Waals surface area contributed by atoms with Gasteiger partial charge in [0.2, 0.25) is 17.6 Å². The van der Waals surface area contributed by atoms with Crippen molar-refractivity contribution >= 4 is 27.7 Å². The van der Waals surface area contributed by atoms with Gasteiger partial charge in [-0.1, -0.05) is 5.16 Å². The molecule has 31 heavy (non-hydrogen) atoms. The van der Waals surface area contributed by atoms with Gasteiger partial charge >= 0.3 is 0 Å². The maximum Gasteiger partial charge on any atom is 0.227 e. The number of piperazine rings is 1. The lowest BCUT2D eigenvalue weighted by Gasteiger charge is -2.35. The fourth-order valence-electron chi connectivity index (χ4n) is 3.45. The number of aromatic nitrogens is 3. The summed E-state index contributed by atoms with van der Waals surface area (Å²) in [5, 5.41) is 4.03. The first-order chi connectivity index (χ1) is 15.1. The van der Waals surface area contributed by atoms with Gasteiger partial charge in [-0.25, -0.2) is 4.98 Å². The molecule has 1 aliphatic heterocycles. The van der Waals surface area contributed by atoms with Crippen molar-refractivity contribution < 1.29 is 14.1 Å². The van der Waals surface area contributed by atoms with Gasteiger partial charge in [-0.3, -0.25) is 4.79 Å². The van der Waals surface area contributed by atoms with E-state index >= 15 is 0 Å². The number of nitrogens with zero attached hydrogens (tertiary/aromatic N) is 5. The van der Waals surface area contributed by atoms with Gasteiger partial charge < -0.3 is 19.1 Å². The highest BCUT2D eigenvalue weighted by Crippen LogP contribution is 2.21. The molecule has 0 saturated carbocycles. The fraction of sp³-hybridized carbons (Fsp3) is 0.364. The zero-order valence-corrected chi connectivity index (χ0v) is 18.9. The number of carbonyl (C=O) groups excluding carboxylic acids is 1. The molecule has 0 unspecified atom stereocenters. The minimum atomic E-state index is 0.101. The van der Waals surface area contributed by atoms with Crippen LogP contribution in [0.2, 0.25) is 0 Å². The van der Waals surface area contributed by atoms with Gasteiger partial charge in [0, 0.05) is 55.3 Å². The summed E-state index contributed by atoms with van der Waals surface area (Å²) < 4.78 is 11.7. The van der Waals surface area contributed by atoms with Gasteiger partial charge in [-0.2, -0.15) is 4.98 Å². The Hall–Kier alpha value is -2.94. The number of ether oxygens (including phenoxy) is 1. The van der Waals surface area contributed by atoms with Crippen molar-refractivity contribution in [2.45, 2.75) is 19.8 Å². The Bertz CT molecular complexity index is 999. The Balaban J connectivity index is 1.26. The third-order valence-electron chi connectivity index (χ3n) is 5.11. The lowest BCUT2D eigenvalue weighted by Crippen LogP contribution is -2.49. The molecule has 1 fully saturated rings. The fourth-order valence-corrected chi connectivity index (χ4v) is 3.69. The topological polar surface area (TPSA) is 84.6 Å². The molecule has 0 bridgehead atoms. The van der Waals surface area contributed by atoms with Crippen LogP contribution < -0.4 is 9.64 Å². The summed E-state index contributed by atoms with van der Waals surface area (Å²) in [6, 6.07) is 11.5. The molecular weight excluding hydrogens is 462 g/mol. The lowest BCUT2D eigenvalue weighted by atomic mass is 10.2. The van der Waals surface area contributed by atoms with Crippen LogP contribution in [0.15, 0.2) is 51.6 Å². The molecule has 3 aromatic rings. The van der Waals surface area contributed by atoms with Gasteiger partial charge in [0.1, 0.15) is 11.6 Å². The van der Waals surface area contributed by atoms with Crippen molar-refractivity contribution in [1.82, 2.24) is 20.0 Å². The molecule has 162 valence electrons. The summed E-state index contributed by atoms with van der Waals surface area (Å²) in [7, 11) is 0. The first-order valence-corrected chi connectivity index (χ1v) is 11.1. The van der Waals surface area contributed by atoms with E-state index in [4.69, 9.17) is 9.26 Å². The van der Waals surface area contributed by atoms with Crippen LogP contribution in [0.1, 0.15) is 19.2 Å². The summed E-state index contributed by atoms with van der Waals surface area (Å²) >= 11 is 3.40. The highest BCUT2D eigenvalue weighted by molar-refractivity contribution is 9.10. The largest absolute Gasteiger partial charge is 0.494 e. The Labute approximate surface area is 189 Å². The SMILES string of the molecule is CCOc1ccc(-c2noc(CCC(=O)N3CCN(c4ccc(Br)cn4)CC3)n2)cc1. The molecule has 1 amide bonds. The molecule has 2 aromatic heterocycles. The molecule has 3 heterocycles. The minimum Gasteiger partial charge on any atom is -0.494 e. The maximum atomic E-state index is 12.6. The number of rotatable bonds is 7. The van der Waals surface area contributed by atoms with Crippen LogP contribution in [-0.4, -0.2) is 58.7 Å². The summed E-state index contributed by atoms with van der Waals surface area (Å²) in [5.74, 6) is 2.82. The number of hydrogen-bond donors (Lipinski definition) is 0. The van der Waals surface area contributed by atoms with Crippen molar-refractivity contribution in [3.63, 3.8) is 0 Å². The molecule has 0 N–H and O–H groups in total. The van der Waals surface area contributed by atoms with E-state index in [0.29, 0.717) is 44.3 Å². The Morgan fingerprint density at radius 1 is 1.13 bits per heavy atom. The standard InChI is InChI=1S/C22H24BrN5O3/c1-2-30-18-6-3-16(4-7-18)22-25-20(31-26-22)9-10-21(29)28-13-11-27(12-14-28)19-8-5-17(23)15-24-19/h3-8,15H,2,9-14H2,1H3. The van der Waals surface area contributed by atoms with E-state index in [0.717, 1.165) is 34.7 Å². The van der Waals surface area contributed by atoms with Crippen molar-refractivity contribution in [3.8, 4) is 17.1 Å². The summed E-state index contributed by atoms with van der Waals surface area (Å²) in [6.45, 7) is 5.46. The smallest absolute Gasteiger partial charge is 0.227 e. The zero-order valence-electron chi connectivity index (χ0n) is 17.3. The van der Waals surface area contributed by atoms with Crippen LogP contribution in [0.5, 0.6) is 5.75 Å². The molecule has 0 aliphatic carbocycles. The highest BCUT2D eigenvalue weighted by atomic mass is 79.9. The van der Waals surface area contributed by atoms with Crippen LogP contribution in [0.25, 0.3) is 11.4 Å². The summed E-state index contributed by atoms with van der Waals surface area (Å²) in [6.07, 6.45) is 2.57. The number of hydrogen-bond acceptors (Lipinski definition) is 7. The van der Waals surface area contributed by atoms with Crippen molar-refractivity contribution in [3.05, 3.63) is 53.0 Å². The highest BCUT2D eigenvalue weighted by Gasteiger charge is 2.22. The van der Waals surface area contributed by atoms with Gasteiger partial charge in [-0.05, 0) is 59.3 Å². The van der Waals surface area contributed by atoms with Gasteiger partial charge in [0.15, 0.2) is 0 Å². The molecule has 1 aromatic carbocycles. The van der Waals surface area contributed by atoms with E-state index in [1.165, 1.54) is 0 Å². The second kappa shape index (κ2) is 9.91. The lowest BCUT2D eigenvalue weighted by molar-refractivity contribution is -0.131. The maximum absolute atomic E-state index is 12.6. The van der Waals surface area contributed by atoms with E-state index in [1.807, 2.05) is 48.2 Å². The molecule has 9 heteroatoms. The predicted octanol–water partition coefficient (Wildman–Crippen LogP) is 3.57. The normalized spacial score (nSPS) is 14.0. The van der Waals surface area contributed by atoms with Crippen LogP contribution in [0.3, 0.4) is 0 Å². The monoisotopic (exact) mass is 485 g/mol. The molecule has 1 aliphatic rings. The predicted molar refractivity (Wildman–Crippen MR) is 120 cm³/mol. The number of anilines is 1. The van der Waals surface area contributed by atoms with Crippen molar-refractivity contribution in [1.29, 1.82) is 0 Å². The van der Waals surface area contributed by atoms with Crippen LogP contribution >= 0.6 is 15.9 Å². The first-order valence-electron chi connectivity index (χ1n) is 10.3. The van der Waals surface area contributed by atoms with Crippen LogP contribution in [0.4, 0.5) is 5.82 Å². The van der Waals surface area contributed by atoms with E-state index in [2.05, 4.69) is 36.0 Å². The van der Waals surface area contributed by atoms with Gasteiger partial charge in [0.25, 0.3) is 0 Å². The molecule has 0 spiro atoms. The molecular formula is C22H24BrN5O3. The van der Waals surface area contributed by atoms with Crippen molar-refractivity contribution in [2.24, 2.45) is 0 Å². The third-order valence-corrected chi connectivity index (χ3v) is 5.58. The molecule has 4 rings (SSSR count). The van der Waals surface area contributed by atoms with Gasteiger partial charge in [-0.15, -0.1) is 0 Å². The summed E-state index contributed by atoms with van der Waals surface area (Å²) in [5.41, 5.74) is 0.849. The quantitative estimate of drug-likeness (QED) is 0.505. The number of carbonyl (C=O) groups is 1. The average Bonchev–Trinajstić information content (AvgIpc) is 3.28. The minimum absolute atomic E-state index is 0.101. The van der Waals surface area contributed by atoms with E-state index in [9.17, 15) is 4.79 Å². The summed E-state index contributed by atoms with van der Waals surface area (Å²) in [4.78, 5) is 25.5. The number of amides is 1. The first kappa shape index (κ1) is 21.3. The molecule has 0 atom stereocenters. The number of aryl methyl sites for hydroxylation is 1. The second-order valence-corrected chi connectivity index (χ2v) is 8.09. The third kappa shape index (κ3) is 5.41. The number of pyridine rings is 1. The number of halogens is 1.